The van der Waals surface area contributed by atoms with Crippen LogP contribution < -0.4 is 5.32 Å². The fourth-order valence-electron chi connectivity index (χ4n) is 1.26. The van der Waals surface area contributed by atoms with Crippen molar-refractivity contribution >= 4 is 11.9 Å². The molecule has 1 atom stereocenters. The summed E-state index contributed by atoms with van der Waals surface area (Å²) >= 11 is 0. The van der Waals surface area contributed by atoms with E-state index in [9.17, 15) is 9.59 Å². The van der Waals surface area contributed by atoms with Crippen molar-refractivity contribution in [2.24, 2.45) is 0 Å². The predicted molar refractivity (Wildman–Crippen MR) is 62.3 cm³/mol. The Morgan fingerprint density at radius 3 is 2.94 bits per heavy atom. The average Bonchev–Trinajstić information content (AvgIpc) is 2.38. The van der Waals surface area contributed by atoms with E-state index in [4.69, 9.17) is 0 Å². The molecular formula is C12H14N2O3. The van der Waals surface area contributed by atoms with Crippen molar-refractivity contribution in [3.05, 3.63) is 42.7 Å². The van der Waals surface area contributed by atoms with E-state index in [2.05, 4.69) is 21.6 Å². The molecule has 17 heavy (non-hydrogen) atoms. The third-order valence-corrected chi connectivity index (χ3v) is 2.12. The maximum absolute atomic E-state index is 11.8. The number of ether oxygens (including phenoxy) is 1. The lowest BCUT2D eigenvalue weighted by Gasteiger charge is -2.14. The molecule has 5 nitrogen and oxygen atoms in total. The van der Waals surface area contributed by atoms with Crippen molar-refractivity contribution in [3.63, 3.8) is 0 Å². The lowest BCUT2D eigenvalue weighted by Crippen LogP contribution is -2.41. The molecule has 1 heterocycles. The third kappa shape index (κ3) is 3.71. The van der Waals surface area contributed by atoms with Gasteiger partial charge in [0.15, 0.2) is 0 Å². The molecule has 1 N–H and O–H groups in total. The highest BCUT2D eigenvalue weighted by Gasteiger charge is 2.20. The number of pyridine rings is 1. The van der Waals surface area contributed by atoms with Gasteiger partial charge in [-0.05, 0) is 18.6 Å². The maximum atomic E-state index is 11.8. The maximum Gasteiger partial charge on any atom is 0.328 e. The SMILES string of the molecule is C=CC[C@@H](NC(=O)c1cccnc1)C(=O)OC. The van der Waals surface area contributed by atoms with Crippen molar-refractivity contribution in [2.75, 3.05) is 7.11 Å². The number of carbonyl (C=O) groups is 2. The summed E-state index contributed by atoms with van der Waals surface area (Å²) in [6.07, 6.45) is 4.86. The van der Waals surface area contributed by atoms with Crippen LogP contribution in [0.1, 0.15) is 16.8 Å². The van der Waals surface area contributed by atoms with Gasteiger partial charge >= 0.3 is 5.97 Å². The standard InChI is InChI=1S/C12H14N2O3/c1-3-5-10(12(16)17-2)14-11(15)9-6-4-7-13-8-9/h3-4,6-8,10H,1,5H2,2H3,(H,14,15)/t10-/m1/s1. The molecule has 0 aliphatic carbocycles. The molecule has 0 saturated heterocycles. The second kappa shape index (κ2) is 6.42. The lowest BCUT2D eigenvalue weighted by atomic mass is 10.2. The zero-order valence-corrected chi connectivity index (χ0v) is 9.55. The van der Waals surface area contributed by atoms with E-state index < -0.39 is 12.0 Å². The van der Waals surface area contributed by atoms with E-state index in [1.54, 1.807) is 24.4 Å². The van der Waals surface area contributed by atoms with Gasteiger partial charge in [-0.2, -0.15) is 0 Å². The van der Waals surface area contributed by atoms with Crippen molar-refractivity contribution in [1.82, 2.24) is 10.3 Å². The second-order valence-electron chi connectivity index (χ2n) is 3.32. The highest BCUT2D eigenvalue weighted by molar-refractivity contribution is 5.96. The molecule has 1 rings (SSSR count). The van der Waals surface area contributed by atoms with Crippen LogP contribution in [0.3, 0.4) is 0 Å². The summed E-state index contributed by atoms with van der Waals surface area (Å²) < 4.78 is 4.58. The van der Waals surface area contributed by atoms with Gasteiger partial charge in [0.2, 0.25) is 0 Å². The molecule has 1 amide bonds. The Morgan fingerprint density at radius 1 is 1.65 bits per heavy atom. The van der Waals surface area contributed by atoms with Crippen LogP contribution in [0, 0.1) is 0 Å². The molecule has 1 aromatic rings. The Kier molecular flexibility index (Phi) is 4.87. The number of esters is 1. The van der Waals surface area contributed by atoms with Gasteiger partial charge in [0, 0.05) is 12.4 Å². The van der Waals surface area contributed by atoms with Crippen LogP contribution >= 0.6 is 0 Å². The lowest BCUT2D eigenvalue weighted by molar-refractivity contribution is -0.142. The molecule has 0 aromatic carbocycles. The molecule has 0 saturated carbocycles. The summed E-state index contributed by atoms with van der Waals surface area (Å²) in [7, 11) is 1.27. The number of nitrogens with one attached hydrogen (secondary N) is 1. The minimum Gasteiger partial charge on any atom is -0.467 e. The Morgan fingerprint density at radius 2 is 2.41 bits per heavy atom. The van der Waals surface area contributed by atoms with Gasteiger partial charge in [0.05, 0.1) is 12.7 Å². The Balaban J connectivity index is 2.71. The second-order valence-corrected chi connectivity index (χ2v) is 3.32. The minimum absolute atomic E-state index is 0.318. The van der Waals surface area contributed by atoms with Crippen LogP contribution in [0.2, 0.25) is 0 Å². The van der Waals surface area contributed by atoms with Gasteiger partial charge in [-0.1, -0.05) is 6.08 Å². The van der Waals surface area contributed by atoms with Gasteiger partial charge < -0.3 is 10.1 Å². The number of nitrogens with zero attached hydrogens (tertiary/aromatic N) is 1. The van der Waals surface area contributed by atoms with E-state index in [-0.39, 0.29) is 5.91 Å². The summed E-state index contributed by atoms with van der Waals surface area (Å²) in [6, 6.07) is 2.55. The molecule has 90 valence electrons. The normalized spacial score (nSPS) is 11.4. The van der Waals surface area contributed by atoms with E-state index >= 15 is 0 Å². The molecule has 0 radical (unpaired) electrons. The van der Waals surface area contributed by atoms with E-state index in [0.29, 0.717) is 12.0 Å². The fourth-order valence-corrected chi connectivity index (χ4v) is 1.26. The predicted octanol–water partition coefficient (Wildman–Crippen LogP) is 0.929. The Bertz CT molecular complexity index is 403. The monoisotopic (exact) mass is 234 g/mol. The van der Waals surface area contributed by atoms with Gasteiger partial charge in [0.1, 0.15) is 6.04 Å². The summed E-state index contributed by atoms with van der Waals surface area (Å²) in [6.45, 7) is 3.53. The largest absolute Gasteiger partial charge is 0.467 e. The van der Waals surface area contributed by atoms with Crippen LogP contribution in [-0.4, -0.2) is 30.0 Å². The molecule has 5 heteroatoms. The quantitative estimate of drug-likeness (QED) is 0.608. The highest BCUT2D eigenvalue weighted by Crippen LogP contribution is 2.00. The highest BCUT2D eigenvalue weighted by atomic mass is 16.5. The minimum atomic E-state index is -0.717. The number of methoxy groups -OCH3 is 1. The van der Waals surface area contributed by atoms with Gasteiger partial charge in [0.25, 0.3) is 5.91 Å². The number of hydrogen-bond acceptors (Lipinski definition) is 4. The Hall–Kier alpha value is -2.17. The summed E-state index contributed by atoms with van der Waals surface area (Å²) in [4.78, 5) is 27.0. The number of amides is 1. The van der Waals surface area contributed by atoms with E-state index in [0.717, 1.165) is 0 Å². The first-order valence-electron chi connectivity index (χ1n) is 5.08. The number of carbonyl (C=O) groups excluding carboxylic acids is 2. The number of rotatable bonds is 5. The van der Waals surface area contributed by atoms with Crippen molar-refractivity contribution < 1.29 is 14.3 Å². The van der Waals surface area contributed by atoms with Gasteiger partial charge in [-0.25, -0.2) is 4.79 Å². The van der Waals surface area contributed by atoms with Crippen molar-refractivity contribution in [2.45, 2.75) is 12.5 Å². The molecule has 0 spiro atoms. The summed E-state index contributed by atoms with van der Waals surface area (Å²) in [5.74, 6) is -0.863. The van der Waals surface area contributed by atoms with Crippen molar-refractivity contribution in [1.29, 1.82) is 0 Å². The zero-order chi connectivity index (χ0) is 12.7. The van der Waals surface area contributed by atoms with Crippen LogP contribution in [0.4, 0.5) is 0 Å². The molecular weight excluding hydrogens is 220 g/mol. The van der Waals surface area contributed by atoms with Gasteiger partial charge in [-0.15, -0.1) is 6.58 Å². The third-order valence-electron chi connectivity index (χ3n) is 2.12. The molecule has 0 fully saturated rings. The van der Waals surface area contributed by atoms with Crippen LogP contribution in [0.5, 0.6) is 0 Å². The van der Waals surface area contributed by atoms with Crippen LogP contribution in [-0.2, 0) is 9.53 Å². The van der Waals surface area contributed by atoms with E-state index in [1.165, 1.54) is 13.3 Å². The smallest absolute Gasteiger partial charge is 0.328 e. The molecule has 0 aliphatic rings. The van der Waals surface area contributed by atoms with Crippen LogP contribution in [0.15, 0.2) is 37.2 Å². The topological polar surface area (TPSA) is 68.3 Å². The first-order chi connectivity index (χ1) is 8.19. The van der Waals surface area contributed by atoms with Crippen LogP contribution in [0.25, 0.3) is 0 Å². The van der Waals surface area contributed by atoms with Crippen molar-refractivity contribution in [3.8, 4) is 0 Å². The zero-order valence-electron chi connectivity index (χ0n) is 9.55. The first-order valence-corrected chi connectivity index (χ1v) is 5.08. The molecule has 0 aliphatic heterocycles. The van der Waals surface area contributed by atoms with E-state index in [1.807, 2.05) is 0 Å². The average molecular weight is 234 g/mol. The Labute approximate surface area is 99.5 Å². The molecule has 0 bridgehead atoms. The summed E-state index contributed by atoms with van der Waals surface area (Å²) in [5.41, 5.74) is 0.394. The molecule has 1 aromatic heterocycles. The first kappa shape index (κ1) is 12.9. The van der Waals surface area contributed by atoms with Gasteiger partial charge in [-0.3, -0.25) is 9.78 Å². The molecule has 0 unspecified atom stereocenters. The number of hydrogen-bond donors (Lipinski definition) is 1. The fraction of sp³-hybridized carbons (Fsp3) is 0.250. The summed E-state index contributed by atoms with van der Waals surface area (Å²) in [5, 5.41) is 2.56. The number of aromatic nitrogens is 1.